The molecule has 0 bridgehead atoms. The lowest BCUT2D eigenvalue weighted by molar-refractivity contribution is 0.197. The number of likely N-dealkylation sites (tertiary alicyclic amines) is 2. The molecule has 2 aliphatic rings. The van der Waals surface area contributed by atoms with Gasteiger partial charge in [-0.1, -0.05) is 17.7 Å². The molecule has 10 heteroatoms. The number of hydrogen-bond acceptors (Lipinski definition) is 7. The van der Waals surface area contributed by atoms with Gasteiger partial charge in [0.25, 0.3) is 0 Å². The van der Waals surface area contributed by atoms with Gasteiger partial charge in [0.2, 0.25) is 0 Å². The Labute approximate surface area is 197 Å². The van der Waals surface area contributed by atoms with Crippen molar-refractivity contribution in [3.8, 4) is 11.5 Å². The summed E-state index contributed by atoms with van der Waals surface area (Å²) in [5.74, 6) is 2.16. The molecule has 33 heavy (non-hydrogen) atoms. The van der Waals surface area contributed by atoms with Gasteiger partial charge in [-0.05, 0) is 29.5 Å². The third-order valence-electron chi connectivity index (χ3n) is 6.30. The molecule has 1 aromatic carbocycles. The number of carbonyl (C=O) groups is 1. The third-order valence-corrected chi connectivity index (χ3v) is 6.66. The molecule has 2 atom stereocenters. The first-order chi connectivity index (χ1) is 16.0. The van der Waals surface area contributed by atoms with Crippen LogP contribution >= 0.6 is 11.6 Å². The number of benzene rings is 1. The predicted molar refractivity (Wildman–Crippen MR) is 125 cm³/mol. The zero-order chi connectivity index (χ0) is 22.9. The molecule has 0 aliphatic carbocycles. The van der Waals surface area contributed by atoms with E-state index >= 15 is 0 Å². The summed E-state index contributed by atoms with van der Waals surface area (Å²) in [6.07, 6.45) is 8.17. The average molecular weight is 468 g/mol. The zero-order valence-corrected chi connectivity index (χ0v) is 19.4. The van der Waals surface area contributed by atoms with Crippen LogP contribution in [-0.4, -0.2) is 75.9 Å². The van der Waals surface area contributed by atoms with E-state index in [2.05, 4.69) is 20.0 Å². The van der Waals surface area contributed by atoms with Crippen LogP contribution in [0.3, 0.4) is 0 Å². The first-order valence-electron chi connectivity index (χ1n) is 10.9. The van der Waals surface area contributed by atoms with E-state index in [1.807, 2.05) is 42.1 Å². The molecule has 0 spiro atoms. The molecule has 2 unspecified atom stereocenters. The van der Waals surface area contributed by atoms with E-state index in [9.17, 15) is 4.79 Å². The highest BCUT2D eigenvalue weighted by Gasteiger charge is 2.42. The lowest BCUT2D eigenvalue weighted by atomic mass is 10.0. The first-order valence-corrected chi connectivity index (χ1v) is 11.3. The summed E-state index contributed by atoms with van der Waals surface area (Å²) in [6, 6.07) is 5.70. The van der Waals surface area contributed by atoms with E-state index < -0.39 is 0 Å². The van der Waals surface area contributed by atoms with E-state index in [1.165, 1.54) is 11.0 Å². The molecule has 3 aromatic rings. The number of aromatic nitrogens is 4. The van der Waals surface area contributed by atoms with Gasteiger partial charge < -0.3 is 14.5 Å². The van der Waals surface area contributed by atoms with Crippen molar-refractivity contribution in [2.24, 2.45) is 11.8 Å². The summed E-state index contributed by atoms with van der Waals surface area (Å²) in [6.45, 7) is 4.20. The van der Waals surface area contributed by atoms with Crippen LogP contribution in [0.2, 0.25) is 5.02 Å². The van der Waals surface area contributed by atoms with Gasteiger partial charge in [-0.15, -0.1) is 0 Å². The Bertz CT molecular complexity index is 1120. The van der Waals surface area contributed by atoms with Crippen LogP contribution in [0.15, 0.2) is 49.3 Å². The molecule has 0 radical (unpaired) electrons. The molecular weight excluding hydrogens is 442 g/mol. The molecule has 9 nitrogen and oxygen atoms in total. The largest absolute Gasteiger partial charge is 0.454 e. The second-order valence-corrected chi connectivity index (χ2v) is 9.28. The SMILES string of the molecule is CN(C)c1cnn(C(=O)N2CC3CN(Cc4ccc(Oc5cncnc5)cc4Cl)CC3C2)c1. The molecule has 2 aromatic heterocycles. The second-order valence-electron chi connectivity index (χ2n) is 8.87. The average Bonchev–Trinajstić information content (AvgIpc) is 3.51. The van der Waals surface area contributed by atoms with Gasteiger partial charge in [-0.25, -0.2) is 14.8 Å². The van der Waals surface area contributed by atoms with Crippen molar-refractivity contribution >= 4 is 23.3 Å². The zero-order valence-electron chi connectivity index (χ0n) is 18.6. The smallest absolute Gasteiger partial charge is 0.344 e. The van der Waals surface area contributed by atoms with Crippen LogP contribution in [0, 0.1) is 11.8 Å². The van der Waals surface area contributed by atoms with Gasteiger partial charge in [0, 0.05) is 51.8 Å². The number of halogens is 1. The van der Waals surface area contributed by atoms with Crippen molar-refractivity contribution in [3.63, 3.8) is 0 Å². The summed E-state index contributed by atoms with van der Waals surface area (Å²) in [4.78, 5) is 27.0. The quantitative estimate of drug-likeness (QED) is 0.570. The predicted octanol–water partition coefficient (Wildman–Crippen LogP) is 3.22. The second kappa shape index (κ2) is 8.99. The van der Waals surface area contributed by atoms with Crippen molar-refractivity contribution in [3.05, 3.63) is 59.9 Å². The molecule has 0 N–H and O–H groups in total. The van der Waals surface area contributed by atoms with E-state index in [1.54, 1.807) is 24.8 Å². The molecule has 0 saturated carbocycles. The van der Waals surface area contributed by atoms with Gasteiger partial charge in [0.15, 0.2) is 5.75 Å². The number of anilines is 1. The van der Waals surface area contributed by atoms with Crippen LogP contribution in [0.4, 0.5) is 10.5 Å². The van der Waals surface area contributed by atoms with Crippen LogP contribution < -0.4 is 9.64 Å². The first kappa shape index (κ1) is 21.7. The number of ether oxygens (including phenoxy) is 1. The summed E-state index contributed by atoms with van der Waals surface area (Å²) >= 11 is 6.55. The summed E-state index contributed by atoms with van der Waals surface area (Å²) in [5, 5.41) is 4.91. The number of fused-ring (bicyclic) bond motifs is 1. The molecule has 4 heterocycles. The van der Waals surface area contributed by atoms with Crippen LogP contribution in [0.25, 0.3) is 0 Å². The standard InChI is InChI=1S/C23H26ClN7O2/c1-28(2)19-6-27-31(14-19)23(32)30-12-17-10-29(11-18(17)13-30)9-16-3-4-20(5-22(16)24)33-21-7-25-15-26-8-21/h3-8,14-15,17-18H,9-13H2,1-2H3. The van der Waals surface area contributed by atoms with E-state index in [-0.39, 0.29) is 6.03 Å². The summed E-state index contributed by atoms with van der Waals surface area (Å²) < 4.78 is 7.20. The van der Waals surface area contributed by atoms with Crippen molar-refractivity contribution in [1.82, 2.24) is 29.5 Å². The van der Waals surface area contributed by atoms with Crippen molar-refractivity contribution in [2.45, 2.75) is 6.54 Å². The van der Waals surface area contributed by atoms with E-state index in [0.717, 1.165) is 44.0 Å². The Morgan fingerprint density at radius 1 is 1.09 bits per heavy atom. The van der Waals surface area contributed by atoms with Crippen molar-refractivity contribution < 1.29 is 9.53 Å². The minimum atomic E-state index is -0.0495. The maximum atomic E-state index is 12.9. The van der Waals surface area contributed by atoms with Gasteiger partial charge in [0.05, 0.1) is 30.5 Å². The van der Waals surface area contributed by atoms with Gasteiger partial charge in [-0.3, -0.25) is 4.90 Å². The number of hydrogen-bond donors (Lipinski definition) is 0. The highest BCUT2D eigenvalue weighted by Crippen LogP contribution is 2.34. The monoisotopic (exact) mass is 467 g/mol. The minimum Gasteiger partial charge on any atom is -0.454 e. The summed E-state index contributed by atoms with van der Waals surface area (Å²) in [7, 11) is 3.87. The van der Waals surface area contributed by atoms with E-state index in [4.69, 9.17) is 16.3 Å². The Morgan fingerprint density at radius 2 is 1.82 bits per heavy atom. The number of amides is 1. The van der Waals surface area contributed by atoms with Crippen molar-refractivity contribution in [1.29, 1.82) is 0 Å². The fraction of sp³-hybridized carbons (Fsp3) is 0.391. The third kappa shape index (κ3) is 4.65. The van der Waals surface area contributed by atoms with E-state index in [0.29, 0.717) is 28.4 Å². The van der Waals surface area contributed by atoms with Crippen LogP contribution in [0.1, 0.15) is 5.56 Å². The highest BCUT2D eigenvalue weighted by molar-refractivity contribution is 6.31. The fourth-order valence-corrected chi connectivity index (χ4v) is 4.83. The Hall–Kier alpha value is -3.17. The van der Waals surface area contributed by atoms with Crippen LogP contribution in [-0.2, 0) is 6.54 Å². The lowest BCUT2D eigenvalue weighted by Gasteiger charge is -2.22. The Balaban J connectivity index is 1.16. The minimum absolute atomic E-state index is 0.0495. The maximum absolute atomic E-state index is 12.9. The normalized spacial score (nSPS) is 20.2. The topological polar surface area (TPSA) is 79.6 Å². The van der Waals surface area contributed by atoms with Gasteiger partial charge in [0.1, 0.15) is 12.1 Å². The summed E-state index contributed by atoms with van der Waals surface area (Å²) in [5.41, 5.74) is 1.98. The molecule has 1 amide bonds. The number of nitrogens with zero attached hydrogens (tertiary/aromatic N) is 7. The molecule has 2 fully saturated rings. The maximum Gasteiger partial charge on any atom is 0.344 e. The number of carbonyl (C=O) groups excluding carboxylic acids is 1. The van der Waals surface area contributed by atoms with Gasteiger partial charge >= 0.3 is 6.03 Å². The Kier molecular flexibility index (Phi) is 5.90. The van der Waals surface area contributed by atoms with Crippen LogP contribution in [0.5, 0.6) is 11.5 Å². The molecule has 2 aliphatic heterocycles. The number of rotatable bonds is 5. The molecule has 172 valence electrons. The molecule has 5 rings (SSSR count). The molecule has 2 saturated heterocycles. The highest BCUT2D eigenvalue weighted by atomic mass is 35.5. The lowest BCUT2D eigenvalue weighted by Crippen LogP contribution is -2.36. The Morgan fingerprint density at radius 3 is 2.45 bits per heavy atom. The fourth-order valence-electron chi connectivity index (χ4n) is 4.60. The van der Waals surface area contributed by atoms with Crippen molar-refractivity contribution in [2.75, 3.05) is 45.2 Å². The van der Waals surface area contributed by atoms with Gasteiger partial charge in [-0.2, -0.15) is 9.78 Å². The molecular formula is C23H26ClN7O2.